The standard InChI is InChI=1S/C14H11F3N2O2/c15-14(16,17)21-13-8-10(6-7-12(13)20)9-18-19-11-4-2-1-3-5-11/h1-9,19-20H. The average molecular weight is 296 g/mol. The Bertz CT molecular complexity index is 628. The van der Waals surface area contributed by atoms with Crippen molar-refractivity contribution in [3.05, 3.63) is 54.1 Å². The number of alkyl halides is 3. The van der Waals surface area contributed by atoms with Crippen LogP contribution < -0.4 is 10.2 Å². The van der Waals surface area contributed by atoms with Crippen LogP contribution in [0.15, 0.2) is 53.6 Å². The minimum absolute atomic E-state index is 0.343. The van der Waals surface area contributed by atoms with E-state index in [-0.39, 0.29) is 0 Å². The summed E-state index contributed by atoms with van der Waals surface area (Å²) in [6.45, 7) is 0. The predicted octanol–water partition coefficient (Wildman–Crippen LogP) is 3.74. The molecule has 7 heteroatoms. The topological polar surface area (TPSA) is 53.9 Å². The molecule has 0 saturated carbocycles. The van der Waals surface area contributed by atoms with E-state index in [1.165, 1.54) is 12.3 Å². The third kappa shape index (κ3) is 4.72. The molecule has 2 N–H and O–H groups in total. The van der Waals surface area contributed by atoms with Gasteiger partial charge in [-0.2, -0.15) is 5.10 Å². The molecule has 2 rings (SSSR count). The van der Waals surface area contributed by atoms with Crippen molar-refractivity contribution >= 4 is 11.9 Å². The fourth-order valence-electron chi connectivity index (χ4n) is 1.51. The average Bonchev–Trinajstić information content (AvgIpc) is 2.42. The molecule has 0 aliphatic rings. The highest BCUT2D eigenvalue weighted by Crippen LogP contribution is 2.31. The van der Waals surface area contributed by atoms with Crippen molar-refractivity contribution in [2.75, 3.05) is 5.43 Å². The van der Waals surface area contributed by atoms with Crippen LogP contribution in [0.5, 0.6) is 11.5 Å². The molecule has 0 spiro atoms. The second kappa shape index (κ2) is 6.17. The number of phenolic OH excluding ortho intramolecular Hbond substituents is 1. The van der Waals surface area contributed by atoms with Crippen molar-refractivity contribution in [2.24, 2.45) is 5.10 Å². The summed E-state index contributed by atoms with van der Waals surface area (Å²) in [6, 6.07) is 12.6. The number of benzene rings is 2. The normalized spacial score (nSPS) is 11.6. The van der Waals surface area contributed by atoms with Crippen LogP contribution in [0.2, 0.25) is 0 Å². The second-order valence-corrected chi connectivity index (χ2v) is 4.01. The maximum absolute atomic E-state index is 12.1. The van der Waals surface area contributed by atoms with Gasteiger partial charge in [0.1, 0.15) is 0 Å². The largest absolute Gasteiger partial charge is 0.573 e. The van der Waals surface area contributed by atoms with Crippen LogP contribution in [0, 0.1) is 0 Å². The highest BCUT2D eigenvalue weighted by Gasteiger charge is 2.32. The van der Waals surface area contributed by atoms with E-state index >= 15 is 0 Å². The van der Waals surface area contributed by atoms with Crippen molar-refractivity contribution in [1.29, 1.82) is 0 Å². The Morgan fingerprint density at radius 1 is 1.10 bits per heavy atom. The molecule has 21 heavy (non-hydrogen) atoms. The van der Waals surface area contributed by atoms with Crippen LogP contribution in [0.1, 0.15) is 5.56 Å². The molecule has 0 saturated heterocycles. The van der Waals surface area contributed by atoms with Gasteiger partial charge < -0.3 is 9.84 Å². The first-order valence-electron chi connectivity index (χ1n) is 5.87. The van der Waals surface area contributed by atoms with Gasteiger partial charge in [0.05, 0.1) is 11.9 Å². The van der Waals surface area contributed by atoms with Gasteiger partial charge in [0.15, 0.2) is 11.5 Å². The van der Waals surface area contributed by atoms with Crippen LogP contribution in [0.25, 0.3) is 0 Å². The van der Waals surface area contributed by atoms with Crippen molar-refractivity contribution in [2.45, 2.75) is 6.36 Å². The Hall–Kier alpha value is -2.70. The Labute approximate surface area is 118 Å². The van der Waals surface area contributed by atoms with Gasteiger partial charge in [-0.05, 0) is 35.9 Å². The minimum Gasteiger partial charge on any atom is -0.504 e. The molecule has 0 aliphatic carbocycles. The smallest absolute Gasteiger partial charge is 0.504 e. The number of nitrogens with one attached hydrogen (secondary N) is 1. The van der Waals surface area contributed by atoms with Crippen LogP contribution in [-0.4, -0.2) is 17.7 Å². The zero-order valence-corrected chi connectivity index (χ0v) is 10.6. The molecule has 4 nitrogen and oxygen atoms in total. The van der Waals surface area contributed by atoms with Crippen molar-refractivity contribution in [3.8, 4) is 11.5 Å². The zero-order valence-electron chi connectivity index (χ0n) is 10.6. The molecule has 0 aromatic heterocycles. The number of phenols is 1. The summed E-state index contributed by atoms with van der Waals surface area (Å²) in [6.07, 6.45) is -3.55. The van der Waals surface area contributed by atoms with Gasteiger partial charge in [0, 0.05) is 0 Å². The molecule has 0 heterocycles. The fourth-order valence-corrected chi connectivity index (χ4v) is 1.51. The first-order valence-corrected chi connectivity index (χ1v) is 5.87. The van der Waals surface area contributed by atoms with Crippen LogP contribution in [-0.2, 0) is 0 Å². The highest BCUT2D eigenvalue weighted by molar-refractivity contribution is 5.81. The summed E-state index contributed by atoms with van der Waals surface area (Å²) < 4.78 is 40.1. The Morgan fingerprint density at radius 3 is 2.48 bits per heavy atom. The summed E-state index contributed by atoms with van der Waals surface area (Å²) >= 11 is 0. The molecule has 0 fully saturated rings. The number of anilines is 1. The number of hydrogen-bond acceptors (Lipinski definition) is 4. The molecule has 2 aromatic carbocycles. The van der Waals surface area contributed by atoms with Gasteiger partial charge in [-0.1, -0.05) is 18.2 Å². The summed E-state index contributed by atoms with van der Waals surface area (Å²) in [5.41, 5.74) is 3.80. The lowest BCUT2D eigenvalue weighted by Crippen LogP contribution is -2.17. The Morgan fingerprint density at radius 2 is 1.81 bits per heavy atom. The van der Waals surface area contributed by atoms with Gasteiger partial charge in [0.2, 0.25) is 0 Å². The lowest BCUT2D eigenvalue weighted by molar-refractivity contribution is -0.275. The minimum atomic E-state index is -4.87. The Balaban J connectivity index is 2.08. The van der Waals surface area contributed by atoms with E-state index in [1.807, 2.05) is 18.2 Å². The van der Waals surface area contributed by atoms with E-state index in [0.29, 0.717) is 5.56 Å². The molecular weight excluding hydrogens is 285 g/mol. The third-order valence-electron chi connectivity index (χ3n) is 2.39. The van der Waals surface area contributed by atoms with Crippen LogP contribution in [0.3, 0.4) is 0 Å². The van der Waals surface area contributed by atoms with E-state index in [1.54, 1.807) is 12.1 Å². The van der Waals surface area contributed by atoms with Crippen molar-refractivity contribution < 1.29 is 23.0 Å². The number of rotatable bonds is 4. The van der Waals surface area contributed by atoms with E-state index in [4.69, 9.17) is 0 Å². The molecule has 110 valence electrons. The van der Waals surface area contributed by atoms with E-state index < -0.39 is 17.9 Å². The van der Waals surface area contributed by atoms with Crippen LogP contribution >= 0.6 is 0 Å². The summed E-state index contributed by atoms with van der Waals surface area (Å²) in [7, 11) is 0. The molecule has 0 aliphatic heterocycles. The first kappa shape index (κ1) is 14.7. The quantitative estimate of drug-likeness (QED) is 0.667. The lowest BCUT2D eigenvalue weighted by Gasteiger charge is -2.10. The molecule has 0 radical (unpaired) electrons. The monoisotopic (exact) mass is 296 g/mol. The van der Waals surface area contributed by atoms with Crippen LogP contribution in [0.4, 0.5) is 18.9 Å². The lowest BCUT2D eigenvalue weighted by atomic mass is 10.2. The summed E-state index contributed by atoms with van der Waals surface area (Å²) in [5, 5.41) is 13.2. The fraction of sp³-hybridized carbons (Fsp3) is 0.0714. The number of aromatic hydroxyl groups is 1. The van der Waals surface area contributed by atoms with Gasteiger partial charge in [-0.3, -0.25) is 5.43 Å². The maximum Gasteiger partial charge on any atom is 0.573 e. The molecular formula is C14H11F3N2O2. The molecule has 0 amide bonds. The number of ether oxygens (including phenoxy) is 1. The third-order valence-corrected chi connectivity index (χ3v) is 2.39. The van der Waals surface area contributed by atoms with E-state index in [2.05, 4.69) is 15.3 Å². The number of hydrogen-bond donors (Lipinski definition) is 2. The molecule has 0 unspecified atom stereocenters. The van der Waals surface area contributed by atoms with E-state index in [9.17, 15) is 18.3 Å². The SMILES string of the molecule is Oc1ccc(C=NNc2ccccc2)cc1OC(F)(F)F. The molecule has 0 atom stereocenters. The van der Waals surface area contributed by atoms with Crippen molar-refractivity contribution in [1.82, 2.24) is 0 Å². The summed E-state index contributed by atoms with van der Waals surface area (Å²) in [4.78, 5) is 0. The number of para-hydroxylation sites is 1. The number of halogens is 3. The van der Waals surface area contributed by atoms with Gasteiger partial charge in [0.25, 0.3) is 0 Å². The van der Waals surface area contributed by atoms with Gasteiger partial charge in [-0.15, -0.1) is 13.2 Å². The summed E-state index contributed by atoms with van der Waals surface area (Å²) in [5.74, 6) is -1.27. The predicted molar refractivity (Wildman–Crippen MR) is 72.4 cm³/mol. The van der Waals surface area contributed by atoms with Crippen molar-refractivity contribution in [3.63, 3.8) is 0 Å². The number of nitrogens with zero attached hydrogens (tertiary/aromatic N) is 1. The first-order chi connectivity index (χ1) is 9.94. The van der Waals surface area contributed by atoms with Gasteiger partial charge in [-0.25, -0.2) is 0 Å². The number of hydrazone groups is 1. The highest BCUT2D eigenvalue weighted by atomic mass is 19.4. The second-order valence-electron chi connectivity index (χ2n) is 4.01. The maximum atomic E-state index is 12.1. The van der Waals surface area contributed by atoms with E-state index in [0.717, 1.165) is 17.8 Å². The molecule has 2 aromatic rings. The zero-order chi connectivity index (χ0) is 15.3. The molecule has 0 bridgehead atoms. The Kier molecular flexibility index (Phi) is 4.32. The van der Waals surface area contributed by atoms with Gasteiger partial charge >= 0.3 is 6.36 Å².